The van der Waals surface area contributed by atoms with Crippen LogP contribution in [0, 0.1) is 0 Å². The summed E-state index contributed by atoms with van der Waals surface area (Å²) in [5, 5.41) is 13.8. The number of aromatic nitrogens is 2. The van der Waals surface area contributed by atoms with E-state index in [1.54, 1.807) is 0 Å². The Kier molecular flexibility index (Phi) is 3.62. The van der Waals surface area contributed by atoms with E-state index in [4.69, 9.17) is 15.6 Å². The fourth-order valence-electron chi connectivity index (χ4n) is 0.172. The van der Waals surface area contributed by atoms with Gasteiger partial charge in [-0.1, -0.05) is 5.16 Å². The molecule has 0 aliphatic carbocycles. The van der Waals surface area contributed by atoms with Crippen molar-refractivity contribution in [1.82, 2.24) is 10.3 Å². The number of nitrogens with zero attached hydrogens (tertiary/aromatic N) is 2. The van der Waals surface area contributed by atoms with E-state index < -0.39 is 5.97 Å². The highest BCUT2D eigenvalue weighted by Gasteiger charge is 1.80. The molecule has 0 amide bonds. The summed E-state index contributed by atoms with van der Waals surface area (Å²) in [4.78, 5) is 9.00. The number of carboxylic acid groups (broad SMARTS) is 1. The number of hydrogen-bond acceptors (Lipinski definition) is 5. The Hall–Kier alpha value is -1.59. The summed E-state index contributed by atoms with van der Waals surface area (Å²) in [6.07, 6.45) is 1.33. The highest BCUT2D eigenvalue weighted by atomic mass is 16.6. The van der Waals surface area contributed by atoms with E-state index in [1.807, 2.05) is 0 Å². The van der Waals surface area contributed by atoms with Crippen molar-refractivity contribution >= 4 is 11.8 Å². The molecule has 0 aromatic carbocycles. The zero-order valence-corrected chi connectivity index (χ0v) is 5.31. The summed E-state index contributed by atoms with van der Waals surface area (Å²) in [6.45, 7) is 1.08. The molecule has 0 unspecified atom stereocenters. The standard InChI is InChI=1S/C2H3N3O.C2H4O2/c3-2-1-4-6-5-2;1-2(3)4/h1H,(H2,3,5);1H3,(H,3,4). The number of carbonyl (C=O) groups is 1. The Morgan fingerprint density at radius 1 is 1.90 bits per heavy atom. The molecule has 6 heteroatoms. The molecule has 3 N–H and O–H groups in total. The Morgan fingerprint density at radius 3 is 2.50 bits per heavy atom. The van der Waals surface area contributed by atoms with E-state index in [-0.39, 0.29) is 0 Å². The number of nitrogens with two attached hydrogens (primary N) is 1. The van der Waals surface area contributed by atoms with Crippen molar-refractivity contribution in [1.29, 1.82) is 0 Å². The number of aliphatic carboxylic acids is 1. The summed E-state index contributed by atoms with van der Waals surface area (Å²) >= 11 is 0. The van der Waals surface area contributed by atoms with Crippen LogP contribution in [0.4, 0.5) is 5.82 Å². The Morgan fingerprint density at radius 2 is 2.40 bits per heavy atom. The second-order valence-electron chi connectivity index (χ2n) is 1.35. The average molecular weight is 145 g/mol. The van der Waals surface area contributed by atoms with Crippen LogP contribution in [0.5, 0.6) is 0 Å². The Balaban J connectivity index is 0.000000180. The van der Waals surface area contributed by atoms with Crippen LogP contribution in [-0.4, -0.2) is 21.4 Å². The topological polar surface area (TPSA) is 102 Å². The minimum atomic E-state index is -0.833. The summed E-state index contributed by atoms with van der Waals surface area (Å²) in [6, 6.07) is 0. The predicted molar refractivity (Wildman–Crippen MR) is 32.0 cm³/mol. The SMILES string of the molecule is CC(=O)O.Nc1cnon1. The van der Waals surface area contributed by atoms with Crippen LogP contribution in [0.25, 0.3) is 0 Å². The van der Waals surface area contributed by atoms with Gasteiger partial charge >= 0.3 is 0 Å². The molecule has 0 atom stereocenters. The van der Waals surface area contributed by atoms with Crippen molar-refractivity contribution in [2.24, 2.45) is 0 Å². The van der Waals surface area contributed by atoms with Crippen LogP contribution in [0.3, 0.4) is 0 Å². The number of anilines is 1. The van der Waals surface area contributed by atoms with E-state index in [0.717, 1.165) is 6.92 Å². The van der Waals surface area contributed by atoms with Crippen molar-refractivity contribution in [3.8, 4) is 0 Å². The molecule has 1 rings (SSSR count). The van der Waals surface area contributed by atoms with Gasteiger partial charge in [0, 0.05) is 6.92 Å². The lowest BCUT2D eigenvalue weighted by Gasteiger charge is -1.61. The molecule has 1 aromatic rings. The lowest BCUT2D eigenvalue weighted by molar-refractivity contribution is -0.134. The second-order valence-corrected chi connectivity index (χ2v) is 1.35. The molecule has 10 heavy (non-hydrogen) atoms. The maximum Gasteiger partial charge on any atom is 0.300 e. The third-order valence-electron chi connectivity index (χ3n) is 0.378. The van der Waals surface area contributed by atoms with Crippen molar-refractivity contribution < 1.29 is 14.5 Å². The summed E-state index contributed by atoms with van der Waals surface area (Å²) in [5.74, 6) is -0.519. The maximum absolute atomic E-state index is 9.00. The van der Waals surface area contributed by atoms with Gasteiger partial charge in [0.2, 0.25) is 0 Å². The molecule has 0 bridgehead atoms. The molecule has 0 spiro atoms. The third-order valence-corrected chi connectivity index (χ3v) is 0.378. The van der Waals surface area contributed by atoms with Gasteiger partial charge in [-0.2, -0.15) is 0 Å². The highest BCUT2D eigenvalue weighted by Crippen LogP contribution is 1.84. The van der Waals surface area contributed by atoms with Gasteiger partial charge in [-0.3, -0.25) is 4.79 Å². The highest BCUT2D eigenvalue weighted by molar-refractivity contribution is 5.62. The first kappa shape index (κ1) is 8.41. The first-order valence-electron chi connectivity index (χ1n) is 2.35. The monoisotopic (exact) mass is 145 g/mol. The van der Waals surface area contributed by atoms with Gasteiger partial charge in [0.05, 0.1) is 0 Å². The molecule has 0 aliphatic heterocycles. The Labute approximate surface area is 56.6 Å². The summed E-state index contributed by atoms with van der Waals surface area (Å²) in [5.41, 5.74) is 5.01. The number of carboxylic acids is 1. The van der Waals surface area contributed by atoms with Crippen molar-refractivity contribution in [2.75, 3.05) is 5.73 Å². The average Bonchev–Trinajstić information content (AvgIpc) is 2.15. The largest absolute Gasteiger partial charge is 0.481 e. The van der Waals surface area contributed by atoms with Gasteiger partial charge in [-0.25, -0.2) is 4.63 Å². The van der Waals surface area contributed by atoms with E-state index in [0.29, 0.717) is 5.82 Å². The molecule has 0 radical (unpaired) electrons. The molecule has 0 saturated carbocycles. The van der Waals surface area contributed by atoms with Crippen LogP contribution >= 0.6 is 0 Å². The van der Waals surface area contributed by atoms with Gasteiger partial charge in [0.15, 0.2) is 5.82 Å². The molecule has 6 nitrogen and oxygen atoms in total. The van der Waals surface area contributed by atoms with Crippen molar-refractivity contribution in [2.45, 2.75) is 6.92 Å². The van der Waals surface area contributed by atoms with E-state index >= 15 is 0 Å². The number of rotatable bonds is 0. The van der Waals surface area contributed by atoms with Gasteiger partial charge in [0.25, 0.3) is 5.97 Å². The number of hydrogen-bond donors (Lipinski definition) is 2. The lowest BCUT2D eigenvalue weighted by atomic mass is 10.8. The van der Waals surface area contributed by atoms with Gasteiger partial charge in [-0.05, 0) is 5.16 Å². The minimum Gasteiger partial charge on any atom is -0.481 e. The van der Waals surface area contributed by atoms with E-state index in [1.165, 1.54) is 6.20 Å². The predicted octanol–water partition coefficient (Wildman–Crippen LogP) is -0.257. The van der Waals surface area contributed by atoms with Gasteiger partial charge < -0.3 is 10.8 Å². The lowest BCUT2D eigenvalue weighted by Crippen LogP contribution is -1.79. The second kappa shape index (κ2) is 4.30. The van der Waals surface area contributed by atoms with Crippen LogP contribution in [-0.2, 0) is 4.79 Å². The Bertz CT molecular complexity index is 180. The van der Waals surface area contributed by atoms with Crippen molar-refractivity contribution in [3.63, 3.8) is 0 Å². The maximum atomic E-state index is 9.00. The fraction of sp³-hybridized carbons (Fsp3) is 0.250. The molecule has 1 heterocycles. The molecule has 0 aliphatic rings. The van der Waals surface area contributed by atoms with Crippen LogP contribution < -0.4 is 5.73 Å². The minimum absolute atomic E-state index is 0.315. The first-order chi connectivity index (χ1) is 4.63. The van der Waals surface area contributed by atoms with E-state index in [9.17, 15) is 0 Å². The zero-order chi connectivity index (χ0) is 7.98. The van der Waals surface area contributed by atoms with Crippen LogP contribution in [0.2, 0.25) is 0 Å². The molecule has 56 valence electrons. The third kappa shape index (κ3) is 6.41. The number of nitrogen functional groups attached to an aromatic ring is 1. The summed E-state index contributed by atoms with van der Waals surface area (Å²) < 4.78 is 4.09. The quantitative estimate of drug-likeness (QED) is 0.521. The molecular formula is C4H7N3O3. The molecular weight excluding hydrogens is 138 g/mol. The normalized spacial score (nSPS) is 7.70. The van der Waals surface area contributed by atoms with Gasteiger partial charge in [0.1, 0.15) is 6.20 Å². The zero-order valence-electron chi connectivity index (χ0n) is 5.31. The smallest absolute Gasteiger partial charge is 0.300 e. The van der Waals surface area contributed by atoms with E-state index in [2.05, 4.69) is 14.9 Å². The van der Waals surface area contributed by atoms with Gasteiger partial charge in [-0.15, -0.1) is 0 Å². The van der Waals surface area contributed by atoms with Crippen molar-refractivity contribution in [3.05, 3.63) is 6.20 Å². The van der Waals surface area contributed by atoms with Crippen LogP contribution in [0.1, 0.15) is 6.92 Å². The first-order valence-corrected chi connectivity index (χ1v) is 2.35. The summed E-state index contributed by atoms with van der Waals surface area (Å²) in [7, 11) is 0. The molecule has 0 fully saturated rings. The molecule has 1 aromatic heterocycles. The molecule has 0 saturated heterocycles. The van der Waals surface area contributed by atoms with Crippen LogP contribution in [0.15, 0.2) is 10.8 Å². The fourth-order valence-corrected chi connectivity index (χ4v) is 0.172.